The molecule has 8 aromatic carbocycles. The second-order valence-electron chi connectivity index (χ2n) is 18.7. The summed E-state index contributed by atoms with van der Waals surface area (Å²) in [6.07, 6.45) is -1.22. The maximum absolute atomic E-state index is 12.5. The number of anilines is 4. The standard InChI is InChI=1S/C30H22Cl2F2N3O7P.C29H20Cl2F2N3O7P/c1-40-29(38)22-5-3-7-25(15-22)41-24-6-2-4-21(14-24)28-35-36-30(42-28)37(23-12-13-26(31)27(32)16-23)17-19-8-10-20(11-9-19)18-45(39,43-33)44-34;30-25-12-11-22(15-26(25)31)36(16-18-7-9-19(10-8-18)17-44(39,42-32)43-33)29-35-34-27(41-29)20-3-1-5-23(13-20)40-24-6-2-4-21(14-24)28(37)38/h2-16H,17-18H2,1H3;1-15H,16-17H2,(H,37,38). The Morgan fingerprint density at radius 3 is 1.22 bits per heavy atom. The Labute approximate surface area is 522 Å². The molecule has 10 rings (SSSR count). The molecule has 0 spiro atoms. The second kappa shape index (κ2) is 29.6. The van der Waals surface area contributed by atoms with Gasteiger partial charge in [0.05, 0.1) is 63.7 Å². The van der Waals surface area contributed by atoms with Gasteiger partial charge < -0.3 is 28.2 Å². The van der Waals surface area contributed by atoms with E-state index in [4.69, 9.17) is 69.4 Å². The highest BCUT2D eigenvalue weighted by Gasteiger charge is 2.30. The number of ether oxygens (including phenoxy) is 3. The lowest BCUT2D eigenvalue weighted by molar-refractivity contribution is -0.0881. The minimum absolute atomic E-state index is 0.0831. The van der Waals surface area contributed by atoms with Crippen LogP contribution in [0.4, 0.5) is 41.5 Å². The summed E-state index contributed by atoms with van der Waals surface area (Å²) in [5, 5.41) is 27.4. The number of carboxylic acids is 1. The van der Waals surface area contributed by atoms with Crippen molar-refractivity contribution >= 4 is 96.9 Å². The van der Waals surface area contributed by atoms with E-state index >= 15 is 0 Å². The number of carboxylic acid groups (broad SMARTS) is 1. The molecule has 0 amide bonds. The summed E-state index contributed by atoms with van der Waals surface area (Å²) in [5.41, 5.74) is 4.70. The van der Waals surface area contributed by atoms with E-state index in [1.165, 1.54) is 43.5 Å². The molecule has 0 aliphatic heterocycles. The van der Waals surface area contributed by atoms with Crippen molar-refractivity contribution in [1.29, 1.82) is 0 Å². The fourth-order valence-electron chi connectivity index (χ4n) is 8.31. The Balaban J connectivity index is 0.000000211. The molecule has 0 unspecified atom stereocenters. The van der Waals surface area contributed by atoms with E-state index in [0.717, 1.165) is 0 Å². The molecular weight excluding hydrogens is 1300 g/mol. The number of hydrogen-bond acceptors (Lipinski definition) is 19. The lowest BCUT2D eigenvalue weighted by Gasteiger charge is -2.21. The molecule has 20 nitrogen and oxygen atoms in total. The van der Waals surface area contributed by atoms with Gasteiger partial charge in [-0.05, 0) is 150 Å². The SMILES string of the molecule is COC(=O)c1cccc(Oc2cccc(-c3nnc(N(Cc4ccc(CP(=O)(OF)OF)cc4)c4ccc(Cl)c(Cl)c4)o3)c2)c1.O=C(O)c1cccc(Oc2cccc(-c3nnc(N(Cc4ccc(CP(=O)(OF)OF)cc4)c4ccc(Cl)c(Cl)c4)o3)c2)c1. The van der Waals surface area contributed by atoms with E-state index in [0.29, 0.717) is 88.4 Å². The van der Waals surface area contributed by atoms with E-state index in [-0.39, 0.29) is 47.5 Å². The van der Waals surface area contributed by atoms with Crippen molar-refractivity contribution in [1.82, 2.24) is 20.4 Å². The monoisotopic (exact) mass is 1340 g/mol. The van der Waals surface area contributed by atoms with Crippen LogP contribution in [0, 0.1) is 0 Å². The minimum Gasteiger partial charge on any atom is -0.478 e. The molecule has 458 valence electrons. The van der Waals surface area contributed by atoms with Crippen LogP contribution < -0.4 is 19.3 Å². The zero-order chi connectivity index (χ0) is 63.2. The van der Waals surface area contributed by atoms with Crippen molar-refractivity contribution in [2.24, 2.45) is 0 Å². The summed E-state index contributed by atoms with van der Waals surface area (Å²) >= 11 is 24.9. The molecular formula is C59H42Cl4F4N6O14P2. The number of esters is 1. The third kappa shape index (κ3) is 17.0. The first-order valence-corrected chi connectivity index (χ1v) is 30.6. The van der Waals surface area contributed by atoms with Crippen LogP contribution in [0.1, 0.15) is 43.0 Å². The number of methoxy groups -OCH3 is 1. The third-order valence-corrected chi connectivity index (χ3v) is 16.4. The molecule has 0 fully saturated rings. The molecule has 0 atom stereocenters. The highest BCUT2D eigenvalue weighted by molar-refractivity contribution is 7.53. The van der Waals surface area contributed by atoms with Crippen LogP contribution >= 0.6 is 61.6 Å². The van der Waals surface area contributed by atoms with Crippen LogP contribution in [0.15, 0.2) is 191 Å². The highest BCUT2D eigenvalue weighted by atomic mass is 35.5. The number of carbonyl (C=O) groups is 2. The van der Waals surface area contributed by atoms with Crippen LogP contribution in [0.5, 0.6) is 23.0 Å². The lowest BCUT2D eigenvalue weighted by atomic mass is 10.1. The molecule has 0 aliphatic carbocycles. The Kier molecular flexibility index (Phi) is 21.5. The average Bonchev–Trinajstić information content (AvgIpc) is 2.60. The van der Waals surface area contributed by atoms with Gasteiger partial charge in [-0.25, -0.2) is 9.59 Å². The topological polar surface area (TPSA) is 237 Å². The summed E-state index contributed by atoms with van der Waals surface area (Å²) in [6.45, 7) is 0.371. The fraction of sp³-hybridized carbons (Fsp3) is 0.0847. The molecule has 2 heterocycles. The van der Waals surface area contributed by atoms with E-state index in [1.807, 2.05) is 0 Å². The van der Waals surface area contributed by atoms with Crippen LogP contribution in [-0.4, -0.2) is 44.5 Å². The smallest absolute Gasteiger partial charge is 0.399 e. The summed E-state index contributed by atoms with van der Waals surface area (Å²) in [4.78, 5) is 26.5. The first-order valence-electron chi connectivity index (χ1n) is 25.6. The number of rotatable bonds is 24. The zero-order valence-corrected chi connectivity index (χ0v) is 50.3. The van der Waals surface area contributed by atoms with Gasteiger partial charge in [-0.2, -0.15) is 0 Å². The number of benzene rings is 8. The molecule has 1 N–H and O–H groups in total. The maximum Gasteiger partial charge on any atom is 0.399 e. The van der Waals surface area contributed by atoms with Gasteiger partial charge in [-0.15, -0.1) is 29.1 Å². The summed E-state index contributed by atoms with van der Waals surface area (Å²) in [7, 11) is -7.79. The average molecular weight is 1340 g/mol. The highest BCUT2D eigenvalue weighted by Crippen LogP contribution is 2.53. The number of carbonyl (C=O) groups excluding carboxylic acids is 1. The molecule has 30 heteroatoms. The van der Waals surface area contributed by atoms with E-state index in [9.17, 15) is 41.9 Å². The molecule has 89 heavy (non-hydrogen) atoms. The number of aromatic nitrogens is 4. The van der Waals surface area contributed by atoms with E-state index < -0.39 is 39.5 Å². The largest absolute Gasteiger partial charge is 0.478 e. The van der Waals surface area contributed by atoms with Crippen molar-refractivity contribution < 1.29 is 83.9 Å². The van der Waals surface area contributed by atoms with E-state index in [1.54, 1.807) is 155 Å². The predicted octanol–water partition coefficient (Wildman–Crippen LogP) is 18.8. The van der Waals surface area contributed by atoms with Gasteiger partial charge in [-0.1, -0.05) is 129 Å². The number of aromatic carboxylic acids is 1. The summed E-state index contributed by atoms with van der Waals surface area (Å²) < 4.78 is 115. The molecule has 2 aromatic heterocycles. The number of hydrogen-bond donors (Lipinski definition) is 1. The van der Waals surface area contributed by atoms with Crippen LogP contribution in [0.3, 0.4) is 0 Å². The summed E-state index contributed by atoms with van der Waals surface area (Å²) in [6, 6.07) is 49.2. The summed E-state index contributed by atoms with van der Waals surface area (Å²) in [5.74, 6) is 0.416. The predicted molar refractivity (Wildman–Crippen MR) is 320 cm³/mol. The zero-order valence-electron chi connectivity index (χ0n) is 45.5. The van der Waals surface area contributed by atoms with E-state index in [2.05, 4.69) is 39.3 Å². The first kappa shape index (κ1) is 64.8. The minimum atomic E-state index is -4.54. The molecule has 10 aromatic rings. The van der Waals surface area contributed by atoms with Gasteiger partial charge in [0.25, 0.3) is 0 Å². The van der Waals surface area contributed by atoms with Gasteiger partial charge in [0.1, 0.15) is 23.0 Å². The van der Waals surface area contributed by atoms with Gasteiger partial charge in [0.15, 0.2) is 0 Å². The molecule has 0 aliphatic rings. The van der Waals surface area contributed by atoms with Crippen LogP contribution in [0.25, 0.3) is 22.9 Å². The van der Waals surface area contributed by atoms with Crippen molar-refractivity contribution in [3.63, 3.8) is 0 Å². The van der Waals surface area contributed by atoms with Crippen molar-refractivity contribution in [3.8, 4) is 45.9 Å². The van der Waals surface area contributed by atoms with Crippen LogP contribution in [-0.2, 0) is 58.2 Å². The molecule has 0 saturated carbocycles. The van der Waals surface area contributed by atoms with Gasteiger partial charge >= 0.3 is 39.2 Å². The maximum atomic E-state index is 12.5. The van der Waals surface area contributed by atoms with Gasteiger partial charge in [-0.3, -0.25) is 18.9 Å². The molecule has 0 saturated heterocycles. The molecule has 0 bridgehead atoms. The Hall–Kier alpha value is -8.64. The number of halogens is 8. The quantitative estimate of drug-likeness (QED) is 0.0336. The fourth-order valence-corrected chi connectivity index (χ4v) is 10.5. The normalized spacial score (nSPS) is 11.3. The Bertz CT molecular complexity index is 4220. The number of nitrogens with zero attached hydrogens (tertiary/aromatic N) is 6. The van der Waals surface area contributed by atoms with Gasteiger partial charge in [0.2, 0.25) is 11.8 Å². The van der Waals surface area contributed by atoms with Crippen LogP contribution in [0.2, 0.25) is 20.1 Å². The first-order chi connectivity index (χ1) is 42.9. The Morgan fingerprint density at radius 2 is 0.843 bits per heavy atom. The lowest BCUT2D eigenvalue weighted by Crippen LogP contribution is -2.17. The van der Waals surface area contributed by atoms with Crippen molar-refractivity contribution in [2.75, 3.05) is 16.9 Å². The van der Waals surface area contributed by atoms with Crippen molar-refractivity contribution in [3.05, 3.63) is 235 Å². The van der Waals surface area contributed by atoms with Crippen molar-refractivity contribution in [2.45, 2.75) is 25.4 Å². The third-order valence-electron chi connectivity index (χ3n) is 12.6. The molecule has 0 radical (unpaired) electrons. The second-order valence-corrected chi connectivity index (χ2v) is 24.0. The Morgan fingerprint density at radius 1 is 0.472 bits per heavy atom. The van der Waals surface area contributed by atoms with Gasteiger partial charge in [0, 0.05) is 22.5 Å².